The quantitative estimate of drug-likeness (QED) is 0.785. The van der Waals surface area contributed by atoms with E-state index in [1.54, 1.807) is 24.1 Å². The average molecular weight is 228 g/mol. The van der Waals surface area contributed by atoms with E-state index in [0.29, 0.717) is 18.0 Å². The summed E-state index contributed by atoms with van der Waals surface area (Å²) in [5.41, 5.74) is 0.581. The van der Waals surface area contributed by atoms with Crippen molar-refractivity contribution in [2.24, 2.45) is 13.0 Å². The molecular weight excluding hydrogens is 214 g/mol. The highest BCUT2D eigenvalue weighted by Crippen LogP contribution is 2.35. The lowest BCUT2D eigenvalue weighted by Crippen LogP contribution is -2.30. The van der Waals surface area contributed by atoms with Crippen molar-refractivity contribution in [3.05, 3.63) is 18.0 Å². The summed E-state index contributed by atoms with van der Waals surface area (Å²) < 4.78 is 1.61. The van der Waals surface area contributed by atoms with Gasteiger partial charge in [-0.05, 0) is 18.8 Å². The summed E-state index contributed by atoms with van der Waals surface area (Å²) in [5.74, 6) is 0.496. The summed E-state index contributed by atoms with van der Waals surface area (Å²) in [7, 11) is 1.78. The Morgan fingerprint density at radius 1 is 1.80 bits per heavy atom. The Hall–Kier alpha value is -1.03. The maximum Gasteiger partial charge on any atom is 0.254 e. The fourth-order valence-electron chi connectivity index (χ4n) is 1.46. The molecule has 1 unspecified atom stereocenters. The number of carbonyl (C=O) groups excluding carboxylic acids is 1. The van der Waals surface area contributed by atoms with Crippen LogP contribution in [0.25, 0.3) is 0 Å². The van der Waals surface area contributed by atoms with Gasteiger partial charge in [0.2, 0.25) is 0 Å². The minimum absolute atomic E-state index is 0.0746. The molecule has 82 valence electrons. The molecule has 1 amide bonds. The largest absolute Gasteiger partial charge is 0.350 e. The summed E-state index contributed by atoms with van der Waals surface area (Å²) in [4.78, 5) is 11.6. The number of aromatic nitrogens is 2. The fourth-order valence-corrected chi connectivity index (χ4v) is 1.78. The van der Waals surface area contributed by atoms with Crippen molar-refractivity contribution in [1.29, 1.82) is 0 Å². The molecule has 1 fully saturated rings. The predicted octanol–water partition coefficient (Wildman–Crippen LogP) is 1.17. The molecule has 1 atom stereocenters. The van der Waals surface area contributed by atoms with Gasteiger partial charge in [-0.3, -0.25) is 9.48 Å². The minimum atomic E-state index is -0.102. The van der Waals surface area contributed by atoms with Gasteiger partial charge in [-0.15, -0.1) is 11.6 Å². The second kappa shape index (κ2) is 4.23. The molecule has 1 N–H and O–H groups in total. The van der Waals surface area contributed by atoms with Crippen LogP contribution in [0.4, 0.5) is 0 Å². The van der Waals surface area contributed by atoms with Gasteiger partial charge in [-0.1, -0.05) is 0 Å². The maximum atomic E-state index is 11.6. The number of nitrogens with one attached hydrogen (secondary N) is 1. The monoisotopic (exact) mass is 227 g/mol. The molecule has 0 saturated heterocycles. The lowest BCUT2D eigenvalue weighted by atomic mass is 10.2. The molecule has 4 nitrogen and oxygen atoms in total. The van der Waals surface area contributed by atoms with Crippen LogP contribution in [0.1, 0.15) is 23.2 Å². The molecule has 1 aromatic heterocycles. The van der Waals surface area contributed by atoms with E-state index >= 15 is 0 Å². The molecule has 1 aliphatic carbocycles. The van der Waals surface area contributed by atoms with E-state index in [1.807, 2.05) is 0 Å². The van der Waals surface area contributed by atoms with E-state index in [-0.39, 0.29) is 11.3 Å². The normalized spacial score (nSPS) is 17.5. The van der Waals surface area contributed by atoms with Crippen LogP contribution >= 0.6 is 11.6 Å². The van der Waals surface area contributed by atoms with Gasteiger partial charge in [0.15, 0.2) is 0 Å². The third kappa shape index (κ3) is 2.72. The van der Waals surface area contributed by atoms with Crippen LogP contribution in [0, 0.1) is 5.92 Å². The molecule has 0 aliphatic heterocycles. The third-order valence-electron chi connectivity index (χ3n) is 2.56. The number of rotatable bonds is 4. The number of hydrogen-bond acceptors (Lipinski definition) is 2. The Bertz CT molecular complexity index is 359. The molecule has 15 heavy (non-hydrogen) atoms. The Morgan fingerprint density at radius 3 is 3.07 bits per heavy atom. The predicted molar refractivity (Wildman–Crippen MR) is 57.9 cm³/mol. The lowest BCUT2D eigenvalue weighted by Gasteiger charge is -2.08. The number of aryl methyl sites for hydroxylation is 1. The van der Waals surface area contributed by atoms with E-state index in [4.69, 9.17) is 11.6 Å². The molecule has 1 aliphatic rings. The van der Waals surface area contributed by atoms with Crippen LogP contribution in [0.2, 0.25) is 0 Å². The maximum absolute atomic E-state index is 11.6. The van der Waals surface area contributed by atoms with Crippen molar-refractivity contribution < 1.29 is 4.79 Å². The minimum Gasteiger partial charge on any atom is -0.350 e. The van der Waals surface area contributed by atoms with Crippen molar-refractivity contribution in [3.8, 4) is 0 Å². The number of amides is 1. The Labute approximate surface area is 93.6 Å². The van der Waals surface area contributed by atoms with Gasteiger partial charge in [0.05, 0.1) is 17.1 Å². The van der Waals surface area contributed by atoms with E-state index in [1.165, 1.54) is 12.8 Å². The standard InChI is InChI=1S/C10H14ClN3O/c1-14-6-8(4-13-14)10(15)12-5-9(11)7-2-3-7/h4,6-7,9H,2-3,5H2,1H3,(H,12,15). The molecule has 5 heteroatoms. The lowest BCUT2D eigenvalue weighted by molar-refractivity contribution is 0.0953. The van der Waals surface area contributed by atoms with Crippen molar-refractivity contribution in [3.63, 3.8) is 0 Å². The van der Waals surface area contributed by atoms with Crippen LogP contribution < -0.4 is 5.32 Å². The highest BCUT2D eigenvalue weighted by Gasteiger charge is 2.29. The van der Waals surface area contributed by atoms with Crippen LogP contribution in [-0.2, 0) is 7.05 Å². The highest BCUT2D eigenvalue weighted by molar-refractivity contribution is 6.21. The highest BCUT2D eigenvalue weighted by atomic mass is 35.5. The first-order chi connectivity index (χ1) is 7.16. The smallest absolute Gasteiger partial charge is 0.254 e. The Kier molecular flexibility index (Phi) is 2.95. The van der Waals surface area contributed by atoms with E-state index in [9.17, 15) is 4.79 Å². The molecule has 0 radical (unpaired) electrons. The van der Waals surface area contributed by atoms with Gasteiger partial charge in [0.25, 0.3) is 5.91 Å². The topological polar surface area (TPSA) is 46.9 Å². The van der Waals surface area contributed by atoms with Crippen LogP contribution in [0.3, 0.4) is 0 Å². The average Bonchev–Trinajstić information content (AvgIpc) is 2.97. The molecule has 1 saturated carbocycles. The second-order valence-corrected chi connectivity index (χ2v) is 4.53. The van der Waals surface area contributed by atoms with Gasteiger partial charge in [-0.2, -0.15) is 5.10 Å². The summed E-state index contributed by atoms with van der Waals surface area (Å²) >= 11 is 6.08. The number of hydrogen-bond donors (Lipinski definition) is 1. The van der Waals surface area contributed by atoms with Crippen LogP contribution in [0.15, 0.2) is 12.4 Å². The zero-order valence-electron chi connectivity index (χ0n) is 8.61. The Morgan fingerprint density at radius 2 is 2.53 bits per heavy atom. The zero-order valence-corrected chi connectivity index (χ0v) is 9.37. The third-order valence-corrected chi connectivity index (χ3v) is 3.07. The number of alkyl halides is 1. The SMILES string of the molecule is Cn1cc(C(=O)NCC(Cl)C2CC2)cn1. The first-order valence-corrected chi connectivity index (χ1v) is 5.51. The molecule has 1 heterocycles. The van der Waals surface area contributed by atoms with Gasteiger partial charge < -0.3 is 5.32 Å². The van der Waals surface area contributed by atoms with E-state index in [2.05, 4.69) is 10.4 Å². The molecule has 0 aromatic carbocycles. The van der Waals surface area contributed by atoms with Gasteiger partial charge >= 0.3 is 0 Å². The number of nitrogens with zero attached hydrogens (tertiary/aromatic N) is 2. The molecule has 2 rings (SSSR count). The van der Waals surface area contributed by atoms with Gasteiger partial charge in [0.1, 0.15) is 0 Å². The number of halogens is 1. The fraction of sp³-hybridized carbons (Fsp3) is 0.600. The van der Waals surface area contributed by atoms with Crippen molar-refractivity contribution >= 4 is 17.5 Å². The number of carbonyl (C=O) groups is 1. The van der Waals surface area contributed by atoms with Crippen molar-refractivity contribution in [2.75, 3.05) is 6.54 Å². The molecule has 0 bridgehead atoms. The van der Waals surface area contributed by atoms with Crippen LogP contribution in [-0.4, -0.2) is 27.6 Å². The van der Waals surface area contributed by atoms with Crippen molar-refractivity contribution in [2.45, 2.75) is 18.2 Å². The van der Waals surface area contributed by atoms with E-state index in [0.717, 1.165) is 0 Å². The van der Waals surface area contributed by atoms with E-state index < -0.39 is 0 Å². The Balaban J connectivity index is 1.81. The summed E-state index contributed by atoms with van der Waals surface area (Å²) in [5, 5.41) is 6.82. The summed E-state index contributed by atoms with van der Waals surface area (Å²) in [6, 6.07) is 0. The second-order valence-electron chi connectivity index (χ2n) is 3.97. The molecule has 0 spiro atoms. The van der Waals surface area contributed by atoms with Crippen LogP contribution in [0.5, 0.6) is 0 Å². The zero-order chi connectivity index (χ0) is 10.8. The molecular formula is C10H14ClN3O. The van der Waals surface area contributed by atoms with Gasteiger partial charge in [0, 0.05) is 19.8 Å². The summed E-state index contributed by atoms with van der Waals surface area (Å²) in [6.45, 7) is 0.542. The first kappa shape index (κ1) is 10.5. The van der Waals surface area contributed by atoms with Gasteiger partial charge in [-0.25, -0.2) is 0 Å². The first-order valence-electron chi connectivity index (χ1n) is 5.07. The van der Waals surface area contributed by atoms with Crippen molar-refractivity contribution in [1.82, 2.24) is 15.1 Å². The molecule has 1 aromatic rings. The summed E-state index contributed by atoms with van der Waals surface area (Å²) in [6.07, 6.45) is 5.62.